The Hall–Kier alpha value is -1.09. The summed E-state index contributed by atoms with van der Waals surface area (Å²) < 4.78 is 13.5. The lowest BCUT2D eigenvalue weighted by atomic mass is 10.0. The van der Waals surface area contributed by atoms with Gasteiger partial charge in [0.05, 0.1) is 0 Å². The van der Waals surface area contributed by atoms with Crippen molar-refractivity contribution in [2.45, 2.75) is 32.7 Å². The van der Waals surface area contributed by atoms with Gasteiger partial charge in [-0.05, 0) is 49.9 Å². The Morgan fingerprint density at radius 3 is 2.50 bits per heavy atom. The normalized spacial score (nSPS) is 17.9. The van der Waals surface area contributed by atoms with E-state index >= 15 is 0 Å². The van der Waals surface area contributed by atoms with E-state index in [2.05, 4.69) is 4.90 Å². The summed E-state index contributed by atoms with van der Waals surface area (Å²) in [5, 5.41) is 0. The molecular formula is C13H19FN2. The number of nitrogens with zero attached hydrogens (tertiary/aromatic N) is 1. The molecule has 88 valence electrons. The first-order valence-corrected chi connectivity index (χ1v) is 5.90. The van der Waals surface area contributed by atoms with Crippen LogP contribution < -0.4 is 10.6 Å². The molecule has 1 aromatic rings. The molecule has 0 saturated carbocycles. The van der Waals surface area contributed by atoms with Crippen molar-refractivity contribution in [2.24, 2.45) is 5.73 Å². The van der Waals surface area contributed by atoms with Crippen LogP contribution in [0.2, 0.25) is 0 Å². The van der Waals surface area contributed by atoms with Crippen LogP contribution in [0.15, 0.2) is 12.1 Å². The van der Waals surface area contributed by atoms with Crippen molar-refractivity contribution >= 4 is 5.69 Å². The maximum Gasteiger partial charge on any atom is 0.126 e. The minimum Gasteiger partial charge on any atom is -0.371 e. The molecule has 0 radical (unpaired) electrons. The van der Waals surface area contributed by atoms with Gasteiger partial charge >= 0.3 is 0 Å². The molecule has 2 rings (SSSR count). The quantitative estimate of drug-likeness (QED) is 0.833. The average Bonchev–Trinajstić information content (AvgIpc) is 2.74. The maximum atomic E-state index is 13.5. The van der Waals surface area contributed by atoms with E-state index in [4.69, 9.17) is 5.73 Å². The van der Waals surface area contributed by atoms with Gasteiger partial charge in [-0.3, -0.25) is 0 Å². The first-order chi connectivity index (χ1) is 7.59. The zero-order chi connectivity index (χ0) is 11.7. The minimum absolute atomic E-state index is 0.120. The maximum absolute atomic E-state index is 13.5. The highest BCUT2D eigenvalue weighted by Gasteiger charge is 2.18. The smallest absolute Gasteiger partial charge is 0.126 e. The van der Waals surface area contributed by atoms with E-state index < -0.39 is 0 Å². The van der Waals surface area contributed by atoms with Crippen LogP contribution in [0, 0.1) is 12.7 Å². The molecule has 0 bridgehead atoms. The summed E-state index contributed by atoms with van der Waals surface area (Å²) in [4.78, 5) is 2.31. The van der Waals surface area contributed by atoms with Gasteiger partial charge in [-0.1, -0.05) is 0 Å². The highest BCUT2D eigenvalue weighted by atomic mass is 19.1. The molecule has 1 heterocycles. The second-order valence-electron chi connectivity index (χ2n) is 4.64. The first-order valence-electron chi connectivity index (χ1n) is 5.90. The lowest BCUT2D eigenvalue weighted by Gasteiger charge is -2.24. The van der Waals surface area contributed by atoms with E-state index in [0.717, 1.165) is 24.3 Å². The Morgan fingerprint density at radius 1 is 1.31 bits per heavy atom. The SMILES string of the molecule is Cc1cc(N2CCCC2)c([C@H](C)N)cc1F. The van der Waals surface area contributed by atoms with Crippen LogP contribution in [0.25, 0.3) is 0 Å². The molecule has 0 unspecified atom stereocenters. The molecule has 2 nitrogen and oxygen atoms in total. The van der Waals surface area contributed by atoms with Crippen LogP contribution in [0.1, 0.15) is 36.9 Å². The molecule has 1 atom stereocenters. The number of rotatable bonds is 2. The van der Waals surface area contributed by atoms with Crippen molar-refractivity contribution in [3.05, 3.63) is 29.1 Å². The summed E-state index contributed by atoms with van der Waals surface area (Å²) in [7, 11) is 0. The van der Waals surface area contributed by atoms with E-state index in [1.807, 2.05) is 13.0 Å². The lowest BCUT2D eigenvalue weighted by molar-refractivity contribution is 0.612. The molecule has 1 aromatic carbocycles. The Kier molecular flexibility index (Phi) is 3.15. The molecule has 1 saturated heterocycles. The molecule has 1 aliphatic rings. The monoisotopic (exact) mass is 222 g/mol. The number of benzene rings is 1. The molecule has 0 amide bonds. The second kappa shape index (κ2) is 4.42. The number of aryl methyl sites for hydroxylation is 1. The molecule has 1 fully saturated rings. The highest BCUT2D eigenvalue weighted by Crippen LogP contribution is 2.30. The van der Waals surface area contributed by atoms with Gasteiger partial charge in [-0.2, -0.15) is 0 Å². The molecule has 3 heteroatoms. The summed E-state index contributed by atoms with van der Waals surface area (Å²) in [6.07, 6.45) is 2.43. The van der Waals surface area contributed by atoms with Gasteiger partial charge in [-0.25, -0.2) is 4.39 Å². The Labute approximate surface area is 96.2 Å². The zero-order valence-electron chi connectivity index (χ0n) is 9.96. The van der Waals surface area contributed by atoms with Gasteiger partial charge in [0.25, 0.3) is 0 Å². The third-order valence-electron chi connectivity index (χ3n) is 3.25. The van der Waals surface area contributed by atoms with Crippen LogP contribution in [0.5, 0.6) is 0 Å². The fraction of sp³-hybridized carbons (Fsp3) is 0.538. The number of halogens is 1. The number of anilines is 1. The summed E-state index contributed by atoms with van der Waals surface area (Å²) >= 11 is 0. The van der Waals surface area contributed by atoms with Crippen molar-refractivity contribution in [3.8, 4) is 0 Å². The van der Waals surface area contributed by atoms with E-state index in [1.54, 1.807) is 13.0 Å². The topological polar surface area (TPSA) is 29.3 Å². The second-order valence-corrected chi connectivity index (χ2v) is 4.64. The molecule has 2 N–H and O–H groups in total. The van der Waals surface area contributed by atoms with Gasteiger partial charge < -0.3 is 10.6 Å². The van der Waals surface area contributed by atoms with Gasteiger partial charge in [0.1, 0.15) is 5.82 Å². The lowest BCUT2D eigenvalue weighted by Crippen LogP contribution is -2.21. The standard InChI is InChI=1S/C13H19FN2/c1-9-7-13(16-5-3-4-6-16)11(10(2)15)8-12(9)14/h7-8,10H,3-6,15H2,1-2H3/t10-/m0/s1. The van der Waals surface area contributed by atoms with Crippen molar-refractivity contribution in [2.75, 3.05) is 18.0 Å². The predicted molar refractivity (Wildman–Crippen MR) is 65.2 cm³/mol. The Balaban J connectivity index is 2.44. The minimum atomic E-state index is -0.157. The molecule has 0 aromatic heterocycles. The molecular weight excluding hydrogens is 203 g/mol. The van der Waals surface area contributed by atoms with Crippen LogP contribution in [-0.2, 0) is 0 Å². The van der Waals surface area contributed by atoms with Gasteiger partial charge in [0, 0.05) is 24.8 Å². The van der Waals surface area contributed by atoms with Crippen LogP contribution in [-0.4, -0.2) is 13.1 Å². The van der Waals surface area contributed by atoms with Crippen LogP contribution in [0.3, 0.4) is 0 Å². The van der Waals surface area contributed by atoms with Crippen molar-refractivity contribution < 1.29 is 4.39 Å². The highest BCUT2D eigenvalue weighted by molar-refractivity contribution is 5.57. The van der Waals surface area contributed by atoms with E-state index in [1.165, 1.54) is 12.8 Å². The summed E-state index contributed by atoms with van der Waals surface area (Å²) in [5.74, 6) is -0.157. The van der Waals surface area contributed by atoms with Crippen LogP contribution in [0.4, 0.5) is 10.1 Å². The van der Waals surface area contributed by atoms with Crippen molar-refractivity contribution in [1.82, 2.24) is 0 Å². The summed E-state index contributed by atoms with van der Waals surface area (Å²) in [6, 6.07) is 3.40. The molecule has 16 heavy (non-hydrogen) atoms. The summed E-state index contributed by atoms with van der Waals surface area (Å²) in [6.45, 7) is 5.83. The fourth-order valence-corrected chi connectivity index (χ4v) is 2.28. The predicted octanol–water partition coefficient (Wildman–Crippen LogP) is 2.75. The fourth-order valence-electron chi connectivity index (χ4n) is 2.28. The number of hydrogen-bond acceptors (Lipinski definition) is 2. The van der Waals surface area contributed by atoms with Gasteiger partial charge in [-0.15, -0.1) is 0 Å². The number of hydrogen-bond donors (Lipinski definition) is 1. The number of nitrogens with two attached hydrogens (primary N) is 1. The molecule has 0 aliphatic carbocycles. The van der Waals surface area contributed by atoms with Crippen molar-refractivity contribution in [3.63, 3.8) is 0 Å². The third-order valence-corrected chi connectivity index (χ3v) is 3.25. The van der Waals surface area contributed by atoms with Gasteiger partial charge in [0.2, 0.25) is 0 Å². The van der Waals surface area contributed by atoms with E-state index in [9.17, 15) is 4.39 Å². The first kappa shape index (κ1) is 11.4. The molecule has 1 aliphatic heterocycles. The zero-order valence-corrected chi connectivity index (χ0v) is 9.96. The van der Waals surface area contributed by atoms with E-state index in [0.29, 0.717) is 5.56 Å². The average molecular weight is 222 g/mol. The summed E-state index contributed by atoms with van der Waals surface area (Å²) in [5.41, 5.74) is 8.65. The Bertz CT molecular complexity index is 382. The third kappa shape index (κ3) is 2.05. The van der Waals surface area contributed by atoms with Crippen molar-refractivity contribution in [1.29, 1.82) is 0 Å². The van der Waals surface area contributed by atoms with E-state index in [-0.39, 0.29) is 11.9 Å². The van der Waals surface area contributed by atoms with Gasteiger partial charge in [0.15, 0.2) is 0 Å². The largest absolute Gasteiger partial charge is 0.371 e. The Morgan fingerprint density at radius 2 is 1.94 bits per heavy atom. The molecule has 0 spiro atoms. The van der Waals surface area contributed by atoms with Crippen LogP contribution >= 0.6 is 0 Å².